The van der Waals surface area contributed by atoms with E-state index in [0.717, 1.165) is 6.42 Å². The van der Waals surface area contributed by atoms with Crippen LogP contribution < -0.4 is 4.57 Å². The average molecular weight is 308 g/mol. The van der Waals surface area contributed by atoms with E-state index in [4.69, 9.17) is 0 Å². The van der Waals surface area contributed by atoms with Crippen molar-refractivity contribution in [1.82, 2.24) is 4.57 Å². The van der Waals surface area contributed by atoms with E-state index in [2.05, 4.69) is 54.7 Å². The first-order valence-electron chi connectivity index (χ1n) is 7.38. The Hall–Kier alpha value is -1.27. The van der Waals surface area contributed by atoms with Gasteiger partial charge in [-0.25, -0.2) is 9.13 Å². The van der Waals surface area contributed by atoms with Gasteiger partial charge in [-0.15, -0.1) is 0 Å². The molecule has 0 aromatic carbocycles. The molecule has 1 aromatic heterocycles. The molecule has 1 rings (SSSR count). The van der Waals surface area contributed by atoms with Gasteiger partial charge in [-0.05, 0) is 18.9 Å². The lowest BCUT2D eigenvalue weighted by Gasteiger charge is -1.95. The highest BCUT2D eigenvalue weighted by Crippen LogP contribution is 2.06. The van der Waals surface area contributed by atoms with Crippen LogP contribution in [0.25, 0.3) is 6.20 Å². The number of hydrogen-bond donors (Lipinski definition) is 0. The third kappa shape index (κ3) is 11.1. The summed E-state index contributed by atoms with van der Waals surface area (Å²) in [7, 11) is -3.90. The van der Waals surface area contributed by atoms with E-state index in [0.29, 0.717) is 0 Å². The van der Waals surface area contributed by atoms with Crippen molar-refractivity contribution in [3.05, 3.63) is 24.3 Å². The number of allylic oxidation sites excluding steroid dienone is 1. The van der Waals surface area contributed by atoms with E-state index >= 15 is 0 Å². The number of imidazole rings is 1. The van der Waals surface area contributed by atoms with Gasteiger partial charge in [0.15, 0.2) is 0 Å². The van der Waals surface area contributed by atoms with Crippen molar-refractivity contribution >= 4 is 13.5 Å². The second kappa shape index (κ2) is 10.5. The van der Waals surface area contributed by atoms with Crippen LogP contribution in [-0.2, 0) is 13.5 Å². The molecule has 0 aliphatic rings. The zero-order valence-electron chi connectivity index (χ0n) is 13.0. The molecule has 0 saturated carbocycles. The van der Waals surface area contributed by atoms with Crippen molar-refractivity contribution in [1.29, 1.82) is 0 Å². The number of rotatable bonds is 7. The number of aryl methyl sites for hydroxylation is 1. The van der Waals surface area contributed by atoms with Gasteiger partial charge in [0.1, 0.15) is 12.4 Å². The van der Waals surface area contributed by atoms with Crippen LogP contribution in [0.2, 0.25) is 0 Å². The summed E-state index contributed by atoms with van der Waals surface area (Å²) in [5.41, 5.74) is 0. The Kier molecular flexibility index (Phi) is 9.83. The Bertz CT molecular complexity index is 408. The van der Waals surface area contributed by atoms with Crippen LogP contribution >= 0.6 is 0 Å². The van der Waals surface area contributed by atoms with E-state index in [9.17, 15) is 17.3 Å². The first kappa shape index (κ1) is 19.7. The lowest BCUT2D eigenvalue weighted by Crippen LogP contribution is -2.31. The second-order valence-electron chi connectivity index (χ2n) is 4.82. The fraction of sp³-hybridized carbons (Fsp3) is 0.643. The number of hydrogen-bond acceptors (Lipinski definition) is 0. The van der Waals surface area contributed by atoms with Gasteiger partial charge >= 0.3 is 7.25 Å². The fourth-order valence-electron chi connectivity index (χ4n) is 1.97. The molecular weight excluding hydrogens is 283 g/mol. The Morgan fingerprint density at radius 2 is 1.76 bits per heavy atom. The summed E-state index contributed by atoms with van der Waals surface area (Å²) in [4.78, 5) is 0. The molecule has 122 valence electrons. The quantitative estimate of drug-likeness (QED) is 0.301. The number of nitrogens with zero attached hydrogens (tertiary/aromatic N) is 2. The largest absolute Gasteiger partial charge is 0.673 e. The summed E-state index contributed by atoms with van der Waals surface area (Å²) in [6.45, 7) is 4.45. The van der Waals surface area contributed by atoms with E-state index in [1.54, 1.807) is 0 Å². The normalized spacial score (nSPS) is 11.6. The minimum Gasteiger partial charge on any atom is -0.418 e. The standard InChI is InChI=1S/C14H25N2.BF4/c1-4-6-7-8-9-10-11-16-13-12-15(3)14(16)5-2;2-1(3,4)5/h10-13H,4-9H2,1-3H3;/q+1;-1. The topological polar surface area (TPSA) is 8.81 Å². The maximum Gasteiger partial charge on any atom is 0.673 e. The highest BCUT2D eigenvalue weighted by molar-refractivity contribution is 6.50. The number of unbranched alkanes of at least 4 members (excludes halogenated alkanes) is 4. The van der Waals surface area contributed by atoms with Crippen molar-refractivity contribution in [2.24, 2.45) is 7.05 Å². The predicted molar refractivity (Wildman–Crippen MR) is 79.3 cm³/mol. The van der Waals surface area contributed by atoms with Crippen molar-refractivity contribution in [3.8, 4) is 0 Å². The van der Waals surface area contributed by atoms with Gasteiger partial charge in [0.2, 0.25) is 0 Å². The maximum absolute atomic E-state index is 9.75. The monoisotopic (exact) mass is 308 g/mol. The smallest absolute Gasteiger partial charge is 0.418 e. The zero-order valence-corrected chi connectivity index (χ0v) is 13.0. The number of aromatic nitrogens is 2. The maximum atomic E-state index is 9.75. The lowest BCUT2D eigenvalue weighted by molar-refractivity contribution is -0.678. The lowest BCUT2D eigenvalue weighted by atomic mass is 10.1. The van der Waals surface area contributed by atoms with Crippen LogP contribution in [0, 0.1) is 0 Å². The highest BCUT2D eigenvalue weighted by atomic mass is 19.5. The minimum atomic E-state index is -6.00. The van der Waals surface area contributed by atoms with Crippen molar-refractivity contribution in [3.63, 3.8) is 0 Å². The van der Waals surface area contributed by atoms with Gasteiger partial charge in [-0.3, -0.25) is 0 Å². The summed E-state index contributed by atoms with van der Waals surface area (Å²) >= 11 is 0. The van der Waals surface area contributed by atoms with Gasteiger partial charge in [0, 0.05) is 6.42 Å². The third-order valence-corrected chi connectivity index (χ3v) is 2.96. The summed E-state index contributed by atoms with van der Waals surface area (Å²) < 4.78 is 43.4. The first-order valence-corrected chi connectivity index (χ1v) is 7.38. The summed E-state index contributed by atoms with van der Waals surface area (Å²) in [6, 6.07) is 0. The average Bonchev–Trinajstić information content (AvgIpc) is 2.72. The Labute approximate surface area is 124 Å². The Balaban J connectivity index is 0.000000690. The molecule has 0 unspecified atom stereocenters. The Morgan fingerprint density at radius 3 is 2.29 bits per heavy atom. The van der Waals surface area contributed by atoms with Crippen molar-refractivity contribution in [2.45, 2.75) is 52.4 Å². The molecular formula is C14H25BF4N2. The van der Waals surface area contributed by atoms with Crippen LogP contribution in [-0.4, -0.2) is 11.8 Å². The molecule has 2 nitrogen and oxygen atoms in total. The predicted octanol–water partition coefficient (Wildman–Crippen LogP) is 4.62. The molecule has 21 heavy (non-hydrogen) atoms. The summed E-state index contributed by atoms with van der Waals surface area (Å²) in [5.74, 6) is 1.35. The number of halogens is 4. The minimum absolute atomic E-state index is 1.07. The molecule has 0 bridgehead atoms. The molecule has 0 radical (unpaired) electrons. The van der Waals surface area contributed by atoms with Crippen LogP contribution in [0.4, 0.5) is 17.3 Å². The molecule has 0 atom stereocenters. The third-order valence-electron chi connectivity index (χ3n) is 2.96. The molecule has 7 heteroatoms. The first-order chi connectivity index (χ1) is 9.79. The Morgan fingerprint density at radius 1 is 1.14 bits per heavy atom. The van der Waals surface area contributed by atoms with Crippen LogP contribution in [0.1, 0.15) is 51.8 Å². The van der Waals surface area contributed by atoms with Crippen molar-refractivity contribution < 1.29 is 21.8 Å². The van der Waals surface area contributed by atoms with Gasteiger partial charge in [0.25, 0.3) is 5.82 Å². The second-order valence-corrected chi connectivity index (χ2v) is 4.82. The van der Waals surface area contributed by atoms with Gasteiger partial charge < -0.3 is 17.3 Å². The molecule has 1 aromatic rings. The molecule has 0 N–H and O–H groups in total. The molecule has 0 amide bonds. The molecule has 0 fully saturated rings. The van der Waals surface area contributed by atoms with E-state index in [1.807, 2.05) is 0 Å². The molecule has 1 heterocycles. The fourth-order valence-corrected chi connectivity index (χ4v) is 1.97. The SMILES string of the molecule is CCCCCCC=Cn1cc[n+](C)c1CC.F[B-](F)(F)F. The van der Waals surface area contributed by atoms with E-state index in [-0.39, 0.29) is 0 Å². The van der Waals surface area contributed by atoms with Crippen LogP contribution in [0.3, 0.4) is 0 Å². The van der Waals surface area contributed by atoms with Crippen LogP contribution in [0.5, 0.6) is 0 Å². The van der Waals surface area contributed by atoms with Crippen molar-refractivity contribution in [2.75, 3.05) is 0 Å². The van der Waals surface area contributed by atoms with E-state index in [1.165, 1.54) is 37.9 Å². The zero-order chi connectivity index (χ0) is 16.3. The molecule has 0 saturated heterocycles. The summed E-state index contributed by atoms with van der Waals surface area (Å²) in [6.07, 6.45) is 16.4. The van der Waals surface area contributed by atoms with E-state index < -0.39 is 7.25 Å². The molecule has 0 spiro atoms. The summed E-state index contributed by atoms with van der Waals surface area (Å²) in [5, 5.41) is 0. The molecule has 0 aliphatic heterocycles. The molecule has 0 aliphatic carbocycles. The van der Waals surface area contributed by atoms with Gasteiger partial charge in [-0.1, -0.05) is 33.1 Å². The van der Waals surface area contributed by atoms with Gasteiger partial charge in [0.05, 0.1) is 13.2 Å². The van der Waals surface area contributed by atoms with Crippen LogP contribution in [0.15, 0.2) is 18.5 Å². The van der Waals surface area contributed by atoms with Gasteiger partial charge in [-0.2, -0.15) is 0 Å². The highest BCUT2D eigenvalue weighted by Gasteiger charge is 2.20.